The van der Waals surface area contributed by atoms with Gasteiger partial charge in [0.05, 0.1) is 15.8 Å². The van der Waals surface area contributed by atoms with Gasteiger partial charge in [0.1, 0.15) is 0 Å². The lowest BCUT2D eigenvalue weighted by Crippen LogP contribution is -2.48. The second-order valence-corrected chi connectivity index (χ2v) is 6.56. The van der Waals surface area contributed by atoms with Gasteiger partial charge in [0, 0.05) is 13.1 Å². The van der Waals surface area contributed by atoms with Crippen molar-refractivity contribution in [3.63, 3.8) is 0 Å². The predicted octanol–water partition coefficient (Wildman–Crippen LogP) is 1.73. The normalized spacial score (nSPS) is 14.1. The summed E-state index contributed by atoms with van der Waals surface area (Å²) in [5, 5.41) is 16.0. The molecule has 1 aromatic heterocycles. The number of para-hydroxylation sites is 1. The molecule has 1 heterocycles. The molecular formula is C14H20N4O2S. The first-order valence-electron chi connectivity index (χ1n) is 6.63. The summed E-state index contributed by atoms with van der Waals surface area (Å²) in [7, 11) is 3.74. The van der Waals surface area contributed by atoms with Crippen LogP contribution in [0, 0.1) is 0 Å². The minimum absolute atomic E-state index is 0.169. The second kappa shape index (κ2) is 6.38. The van der Waals surface area contributed by atoms with E-state index in [1.807, 2.05) is 43.3 Å². The molecule has 0 aliphatic rings. The molecule has 0 fully saturated rings. The summed E-state index contributed by atoms with van der Waals surface area (Å²) in [6, 6.07) is 7.33. The van der Waals surface area contributed by atoms with Gasteiger partial charge in [-0.15, -0.1) is 0 Å². The average molecular weight is 308 g/mol. The number of carbonyl (C=O) groups excluding carboxylic acids is 1. The molecule has 0 aliphatic carbocycles. The Morgan fingerprint density at radius 2 is 2.14 bits per heavy atom. The topological polar surface area (TPSA) is 77.5 Å². The van der Waals surface area contributed by atoms with Gasteiger partial charge in [-0.2, -0.15) is 0 Å². The van der Waals surface area contributed by atoms with E-state index in [0.29, 0.717) is 11.7 Å². The minimum atomic E-state index is -0.978. The van der Waals surface area contributed by atoms with Gasteiger partial charge in [-0.05, 0) is 33.2 Å². The molecule has 2 amide bonds. The molecule has 0 spiro atoms. The van der Waals surface area contributed by atoms with Gasteiger partial charge in [-0.3, -0.25) is 5.32 Å². The van der Waals surface area contributed by atoms with Gasteiger partial charge >= 0.3 is 6.03 Å². The Morgan fingerprint density at radius 1 is 1.43 bits per heavy atom. The van der Waals surface area contributed by atoms with Crippen molar-refractivity contribution < 1.29 is 9.90 Å². The van der Waals surface area contributed by atoms with Crippen LogP contribution in [0.2, 0.25) is 0 Å². The first-order valence-corrected chi connectivity index (χ1v) is 7.45. The van der Waals surface area contributed by atoms with Crippen LogP contribution in [0.15, 0.2) is 24.3 Å². The molecule has 7 heteroatoms. The third-order valence-electron chi connectivity index (χ3n) is 2.80. The average Bonchev–Trinajstić information content (AvgIpc) is 2.77. The summed E-state index contributed by atoms with van der Waals surface area (Å²) < 4.78 is 1.02. The maximum atomic E-state index is 11.8. The summed E-state index contributed by atoms with van der Waals surface area (Å²) in [5.74, 6) is 0. The number of amides is 2. The molecule has 0 saturated carbocycles. The highest BCUT2D eigenvalue weighted by Crippen LogP contribution is 2.25. The number of nitrogens with one attached hydrogen (secondary N) is 2. The monoisotopic (exact) mass is 308 g/mol. The fourth-order valence-electron chi connectivity index (χ4n) is 2.07. The Morgan fingerprint density at radius 3 is 2.81 bits per heavy atom. The highest BCUT2D eigenvalue weighted by molar-refractivity contribution is 7.22. The number of hydrogen-bond donors (Lipinski definition) is 3. The quantitative estimate of drug-likeness (QED) is 0.786. The van der Waals surface area contributed by atoms with Crippen LogP contribution in [0.1, 0.15) is 6.92 Å². The number of hydrogen-bond acceptors (Lipinski definition) is 5. The summed E-state index contributed by atoms with van der Waals surface area (Å²) in [6.45, 7) is 2.32. The number of urea groups is 1. The van der Waals surface area contributed by atoms with Crippen molar-refractivity contribution in [2.45, 2.75) is 12.5 Å². The first kappa shape index (κ1) is 15.7. The Labute approximate surface area is 127 Å². The molecule has 1 aromatic carbocycles. The number of nitrogens with zero attached hydrogens (tertiary/aromatic N) is 2. The van der Waals surface area contributed by atoms with E-state index >= 15 is 0 Å². The van der Waals surface area contributed by atoms with Crippen molar-refractivity contribution in [2.75, 3.05) is 32.5 Å². The number of anilines is 1. The standard InChI is InChI=1S/C14H20N4O2S/c1-14(20,9-18(2)3)8-15-12(19)17-13-16-10-6-4-5-7-11(10)21-13/h4-7,20H,8-9H2,1-3H3,(H2,15,16,17,19). The van der Waals surface area contributed by atoms with Crippen LogP contribution >= 0.6 is 11.3 Å². The Bertz CT molecular complexity index is 591. The lowest BCUT2D eigenvalue weighted by molar-refractivity contribution is 0.0364. The molecule has 0 radical (unpaired) electrons. The van der Waals surface area contributed by atoms with Crippen LogP contribution in [-0.2, 0) is 0 Å². The third kappa shape index (κ3) is 4.66. The van der Waals surface area contributed by atoms with Crippen LogP contribution in [0.25, 0.3) is 10.2 Å². The predicted molar refractivity (Wildman–Crippen MR) is 85.8 cm³/mol. The summed E-state index contributed by atoms with van der Waals surface area (Å²) in [5.41, 5.74) is -0.119. The first-order chi connectivity index (χ1) is 9.85. The van der Waals surface area contributed by atoms with E-state index in [1.165, 1.54) is 11.3 Å². The summed E-state index contributed by atoms with van der Waals surface area (Å²) in [4.78, 5) is 18.0. The number of carbonyl (C=O) groups is 1. The molecule has 1 atom stereocenters. The number of aliphatic hydroxyl groups is 1. The van der Waals surface area contributed by atoms with E-state index in [1.54, 1.807) is 6.92 Å². The van der Waals surface area contributed by atoms with E-state index in [9.17, 15) is 9.90 Å². The molecule has 3 N–H and O–H groups in total. The molecule has 0 bridgehead atoms. The minimum Gasteiger partial charge on any atom is -0.387 e. The van der Waals surface area contributed by atoms with Gasteiger partial charge in [0.15, 0.2) is 5.13 Å². The fraction of sp³-hybridized carbons (Fsp3) is 0.429. The van der Waals surface area contributed by atoms with Crippen molar-refractivity contribution in [2.24, 2.45) is 0 Å². The van der Waals surface area contributed by atoms with E-state index < -0.39 is 5.60 Å². The van der Waals surface area contributed by atoms with Gasteiger partial charge < -0.3 is 15.3 Å². The number of benzene rings is 1. The highest BCUT2D eigenvalue weighted by atomic mass is 32.1. The zero-order valence-corrected chi connectivity index (χ0v) is 13.2. The van der Waals surface area contributed by atoms with Crippen molar-refractivity contribution >= 4 is 32.7 Å². The van der Waals surface area contributed by atoms with E-state index in [-0.39, 0.29) is 12.6 Å². The molecule has 114 valence electrons. The Hall–Kier alpha value is -1.70. The van der Waals surface area contributed by atoms with Gasteiger partial charge in [-0.25, -0.2) is 9.78 Å². The van der Waals surface area contributed by atoms with Crippen molar-refractivity contribution in [1.29, 1.82) is 0 Å². The fourth-order valence-corrected chi connectivity index (χ4v) is 2.94. The second-order valence-electron chi connectivity index (χ2n) is 5.53. The van der Waals surface area contributed by atoms with Gasteiger partial charge in [0.25, 0.3) is 0 Å². The van der Waals surface area contributed by atoms with Crippen LogP contribution in [0.3, 0.4) is 0 Å². The van der Waals surface area contributed by atoms with Crippen LogP contribution in [0.5, 0.6) is 0 Å². The Kier molecular flexibility index (Phi) is 4.76. The maximum absolute atomic E-state index is 11.8. The number of fused-ring (bicyclic) bond motifs is 1. The number of aromatic nitrogens is 1. The summed E-state index contributed by atoms with van der Waals surface area (Å²) in [6.07, 6.45) is 0. The molecule has 6 nitrogen and oxygen atoms in total. The highest BCUT2D eigenvalue weighted by Gasteiger charge is 2.22. The maximum Gasteiger partial charge on any atom is 0.321 e. The number of thiazole rings is 1. The van der Waals surface area contributed by atoms with Crippen molar-refractivity contribution in [1.82, 2.24) is 15.2 Å². The lowest BCUT2D eigenvalue weighted by Gasteiger charge is -2.26. The molecule has 0 saturated heterocycles. The molecule has 21 heavy (non-hydrogen) atoms. The third-order valence-corrected chi connectivity index (χ3v) is 3.75. The van der Waals surface area contributed by atoms with E-state index in [0.717, 1.165) is 10.2 Å². The smallest absolute Gasteiger partial charge is 0.321 e. The zero-order chi connectivity index (χ0) is 15.5. The van der Waals surface area contributed by atoms with Crippen LogP contribution in [0.4, 0.5) is 9.93 Å². The molecule has 2 aromatic rings. The lowest BCUT2D eigenvalue weighted by atomic mass is 10.1. The largest absolute Gasteiger partial charge is 0.387 e. The van der Waals surface area contributed by atoms with Crippen molar-refractivity contribution in [3.05, 3.63) is 24.3 Å². The van der Waals surface area contributed by atoms with Gasteiger partial charge in [0.2, 0.25) is 0 Å². The van der Waals surface area contributed by atoms with Crippen LogP contribution in [-0.4, -0.2) is 53.8 Å². The Balaban J connectivity index is 1.89. The van der Waals surface area contributed by atoms with Crippen molar-refractivity contribution in [3.8, 4) is 0 Å². The SMILES string of the molecule is CN(C)CC(C)(O)CNC(=O)Nc1nc2ccccc2s1. The molecular weight excluding hydrogens is 288 g/mol. The molecule has 0 aliphatic heterocycles. The number of likely N-dealkylation sites (N-methyl/N-ethyl adjacent to an activating group) is 1. The number of rotatable bonds is 5. The van der Waals surface area contributed by atoms with E-state index in [2.05, 4.69) is 15.6 Å². The van der Waals surface area contributed by atoms with E-state index in [4.69, 9.17) is 0 Å². The van der Waals surface area contributed by atoms with Crippen LogP contribution < -0.4 is 10.6 Å². The van der Waals surface area contributed by atoms with Gasteiger partial charge in [-0.1, -0.05) is 23.5 Å². The summed E-state index contributed by atoms with van der Waals surface area (Å²) >= 11 is 1.42. The molecule has 1 unspecified atom stereocenters. The molecule has 2 rings (SSSR count). The zero-order valence-electron chi connectivity index (χ0n) is 12.4.